The van der Waals surface area contributed by atoms with Crippen LogP contribution in [0.3, 0.4) is 0 Å². The normalized spacial score (nSPS) is 14.7. The number of nitrogens with one attached hydrogen (secondary N) is 2. The molecular formula is C24H28N4O. The molecule has 5 nitrogen and oxygen atoms in total. The van der Waals surface area contributed by atoms with Gasteiger partial charge >= 0.3 is 0 Å². The Bertz CT molecular complexity index is 984. The molecule has 0 aliphatic carbocycles. The largest absolute Gasteiger partial charge is 0.322 e. The second-order valence-corrected chi connectivity index (χ2v) is 7.72. The van der Waals surface area contributed by atoms with Gasteiger partial charge in [-0.2, -0.15) is 5.10 Å². The van der Waals surface area contributed by atoms with Gasteiger partial charge in [0.25, 0.3) is 5.91 Å². The zero-order chi connectivity index (χ0) is 20.2. The molecule has 2 aromatic carbocycles. The van der Waals surface area contributed by atoms with Crippen LogP contribution in [0, 0.1) is 6.92 Å². The topological polar surface area (TPSA) is 59.0 Å². The summed E-state index contributed by atoms with van der Waals surface area (Å²) in [5.74, 6) is 0.212. The van der Waals surface area contributed by atoms with E-state index in [1.165, 1.54) is 11.1 Å². The summed E-state index contributed by atoms with van der Waals surface area (Å²) in [6.07, 6.45) is 4.71. The molecule has 1 aliphatic rings. The van der Waals surface area contributed by atoms with Crippen molar-refractivity contribution in [2.24, 2.45) is 0 Å². The van der Waals surface area contributed by atoms with Gasteiger partial charge in [-0.05, 0) is 74.7 Å². The standard InChI is InChI=1S/C24H28N4O/c1-3-18-7-9-20(10-8-18)27-24(29)22-16-26-28(21-6-4-5-17(2)15-21)23(22)19-11-13-25-14-12-19/h4-10,15-16,19,25H,3,11-14H2,1-2H3,(H,27,29). The van der Waals surface area contributed by atoms with Gasteiger partial charge in [-0.15, -0.1) is 0 Å². The zero-order valence-electron chi connectivity index (χ0n) is 17.1. The van der Waals surface area contributed by atoms with Crippen LogP contribution in [0.1, 0.15) is 52.9 Å². The van der Waals surface area contributed by atoms with Gasteiger partial charge in [0.05, 0.1) is 23.1 Å². The SMILES string of the molecule is CCc1ccc(NC(=O)c2cnn(-c3cccc(C)c3)c2C2CCNCC2)cc1. The summed E-state index contributed by atoms with van der Waals surface area (Å²) in [5.41, 5.74) is 5.93. The number of rotatable bonds is 5. The molecule has 1 amide bonds. The number of nitrogens with zero attached hydrogens (tertiary/aromatic N) is 2. The van der Waals surface area contributed by atoms with E-state index in [1.54, 1.807) is 6.20 Å². The molecule has 2 heterocycles. The molecule has 4 rings (SSSR count). The van der Waals surface area contributed by atoms with E-state index in [4.69, 9.17) is 0 Å². The molecule has 3 aromatic rings. The van der Waals surface area contributed by atoms with Crippen LogP contribution in [-0.4, -0.2) is 28.8 Å². The molecule has 1 saturated heterocycles. The van der Waals surface area contributed by atoms with Crippen molar-refractivity contribution in [3.8, 4) is 5.69 Å². The molecule has 1 aliphatic heterocycles. The zero-order valence-corrected chi connectivity index (χ0v) is 17.1. The van der Waals surface area contributed by atoms with Gasteiger partial charge in [0.2, 0.25) is 0 Å². The summed E-state index contributed by atoms with van der Waals surface area (Å²) < 4.78 is 1.96. The van der Waals surface area contributed by atoms with Crippen LogP contribution in [0.5, 0.6) is 0 Å². The first-order valence-electron chi connectivity index (χ1n) is 10.4. The first-order valence-corrected chi connectivity index (χ1v) is 10.4. The number of hydrogen-bond donors (Lipinski definition) is 2. The summed E-state index contributed by atoms with van der Waals surface area (Å²) in [7, 11) is 0. The molecule has 0 bridgehead atoms. The second kappa shape index (κ2) is 8.62. The number of piperidine rings is 1. The molecule has 0 saturated carbocycles. The van der Waals surface area contributed by atoms with E-state index in [-0.39, 0.29) is 5.91 Å². The highest BCUT2D eigenvalue weighted by atomic mass is 16.1. The van der Waals surface area contributed by atoms with Gasteiger partial charge in [-0.25, -0.2) is 4.68 Å². The number of anilines is 1. The highest BCUT2D eigenvalue weighted by Crippen LogP contribution is 2.31. The Morgan fingerprint density at radius 3 is 2.62 bits per heavy atom. The first kappa shape index (κ1) is 19.4. The number of aromatic nitrogens is 2. The van der Waals surface area contributed by atoms with E-state index in [2.05, 4.69) is 59.9 Å². The van der Waals surface area contributed by atoms with Crippen molar-refractivity contribution in [2.75, 3.05) is 18.4 Å². The number of hydrogen-bond acceptors (Lipinski definition) is 3. The van der Waals surface area contributed by atoms with E-state index >= 15 is 0 Å². The fourth-order valence-corrected chi connectivity index (χ4v) is 4.01. The number of carbonyl (C=O) groups is 1. The van der Waals surface area contributed by atoms with E-state index < -0.39 is 0 Å². The lowest BCUT2D eigenvalue weighted by molar-refractivity contribution is 0.102. The quantitative estimate of drug-likeness (QED) is 0.678. The van der Waals surface area contributed by atoms with E-state index in [9.17, 15) is 4.79 Å². The molecule has 29 heavy (non-hydrogen) atoms. The Hall–Kier alpha value is -2.92. The third kappa shape index (κ3) is 4.25. The van der Waals surface area contributed by atoms with Crippen molar-refractivity contribution in [1.29, 1.82) is 0 Å². The molecule has 5 heteroatoms. The maximum atomic E-state index is 13.2. The highest BCUT2D eigenvalue weighted by Gasteiger charge is 2.27. The molecule has 0 radical (unpaired) electrons. The summed E-state index contributed by atoms with van der Waals surface area (Å²) in [5, 5.41) is 11.1. The Kier molecular flexibility index (Phi) is 5.76. The van der Waals surface area contributed by atoms with E-state index in [0.29, 0.717) is 11.5 Å². The average Bonchev–Trinajstić information content (AvgIpc) is 3.20. The first-order chi connectivity index (χ1) is 14.2. The van der Waals surface area contributed by atoms with E-state index in [1.807, 2.05) is 22.9 Å². The van der Waals surface area contributed by atoms with Crippen LogP contribution in [0.15, 0.2) is 54.7 Å². The minimum atomic E-state index is -0.0957. The van der Waals surface area contributed by atoms with Crippen LogP contribution >= 0.6 is 0 Å². The van der Waals surface area contributed by atoms with Gasteiger partial charge in [-0.1, -0.05) is 31.2 Å². The van der Waals surface area contributed by atoms with Crippen LogP contribution in [0.4, 0.5) is 5.69 Å². The average molecular weight is 389 g/mol. The maximum Gasteiger partial charge on any atom is 0.259 e. The molecule has 0 spiro atoms. The lowest BCUT2D eigenvalue weighted by Crippen LogP contribution is -2.29. The van der Waals surface area contributed by atoms with Crippen LogP contribution in [0.25, 0.3) is 5.69 Å². The van der Waals surface area contributed by atoms with Crippen molar-refractivity contribution in [3.63, 3.8) is 0 Å². The number of amides is 1. The molecular weight excluding hydrogens is 360 g/mol. The third-order valence-corrected chi connectivity index (χ3v) is 5.64. The van der Waals surface area contributed by atoms with Gasteiger partial charge in [0, 0.05) is 11.6 Å². The van der Waals surface area contributed by atoms with Gasteiger partial charge < -0.3 is 10.6 Å². The fourth-order valence-electron chi connectivity index (χ4n) is 4.01. The number of aryl methyl sites for hydroxylation is 2. The lowest BCUT2D eigenvalue weighted by Gasteiger charge is -2.24. The molecule has 0 atom stereocenters. The Morgan fingerprint density at radius 1 is 1.17 bits per heavy atom. The monoisotopic (exact) mass is 388 g/mol. The van der Waals surface area contributed by atoms with Crippen LogP contribution < -0.4 is 10.6 Å². The summed E-state index contributed by atoms with van der Waals surface area (Å²) >= 11 is 0. The Balaban J connectivity index is 1.69. The van der Waals surface area contributed by atoms with Crippen LogP contribution in [-0.2, 0) is 6.42 Å². The fraction of sp³-hybridized carbons (Fsp3) is 0.333. The van der Waals surface area contributed by atoms with Gasteiger partial charge in [0.15, 0.2) is 0 Å². The summed E-state index contributed by atoms with van der Waals surface area (Å²) in [4.78, 5) is 13.2. The molecule has 2 N–H and O–H groups in total. The van der Waals surface area contributed by atoms with Crippen molar-refractivity contribution < 1.29 is 4.79 Å². The minimum absolute atomic E-state index is 0.0957. The molecule has 1 fully saturated rings. The highest BCUT2D eigenvalue weighted by molar-refractivity contribution is 6.05. The minimum Gasteiger partial charge on any atom is -0.322 e. The molecule has 0 unspecified atom stereocenters. The van der Waals surface area contributed by atoms with E-state index in [0.717, 1.165) is 49.4 Å². The Morgan fingerprint density at radius 2 is 1.93 bits per heavy atom. The number of benzene rings is 2. The summed E-state index contributed by atoms with van der Waals surface area (Å²) in [6.45, 7) is 6.12. The second-order valence-electron chi connectivity index (χ2n) is 7.72. The summed E-state index contributed by atoms with van der Waals surface area (Å²) in [6, 6.07) is 16.3. The van der Waals surface area contributed by atoms with Crippen molar-refractivity contribution >= 4 is 11.6 Å². The lowest BCUT2D eigenvalue weighted by atomic mass is 9.91. The Labute approximate surface area is 172 Å². The maximum absolute atomic E-state index is 13.2. The van der Waals surface area contributed by atoms with Crippen molar-refractivity contribution in [2.45, 2.75) is 39.0 Å². The van der Waals surface area contributed by atoms with Gasteiger partial charge in [0.1, 0.15) is 0 Å². The molecule has 150 valence electrons. The predicted octanol–water partition coefficient (Wildman–Crippen LogP) is 4.46. The smallest absolute Gasteiger partial charge is 0.259 e. The van der Waals surface area contributed by atoms with Gasteiger partial charge in [-0.3, -0.25) is 4.79 Å². The molecule has 1 aromatic heterocycles. The predicted molar refractivity (Wildman–Crippen MR) is 117 cm³/mol. The van der Waals surface area contributed by atoms with Crippen molar-refractivity contribution in [1.82, 2.24) is 15.1 Å². The third-order valence-electron chi connectivity index (χ3n) is 5.64. The van der Waals surface area contributed by atoms with Crippen molar-refractivity contribution in [3.05, 3.63) is 77.1 Å². The number of carbonyl (C=O) groups excluding carboxylic acids is 1. The van der Waals surface area contributed by atoms with Crippen LogP contribution in [0.2, 0.25) is 0 Å².